The zero-order valence-electron chi connectivity index (χ0n) is 15.9. The van der Waals surface area contributed by atoms with Crippen LogP contribution in [0.15, 0.2) is 47.4 Å². The van der Waals surface area contributed by atoms with E-state index in [2.05, 4.69) is 5.32 Å². The van der Waals surface area contributed by atoms with Gasteiger partial charge in [-0.3, -0.25) is 9.59 Å². The second-order valence-corrected chi connectivity index (χ2v) is 8.61. The fourth-order valence-corrected chi connectivity index (χ4v) is 4.83. The number of nitrogens with one attached hydrogen (secondary N) is 1. The number of nitrogens with zero attached hydrogens (tertiary/aromatic N) is 1. The zero-order chi connectivity index (χ0) is 20.5. The van der Waals surface area contributed by atoms with Crippen molar-refractivity contribution < 1.29 is 22.7 Å². The third-order valence-electron chi connectivity index (χ3n) is 4.33. The Morgan fingerprint density at radius 2 is 1.93 bits per heavy atom. The largest absolute Gasteiger partial charge is 0.492 e. The number of fused-ring (bicyclic) bond motifs is 1. The smallest absolute Gasteiger partial charge is 0.269 e. The van der Waals surface area contributed by atoms with E-state index in [9.17, 15) is 18.0 Å². The van der Waals surface area contributed by atoms with E-state index < -0.39 is 27.9 Å². The van der Waals surface area contributed by atoms with Gasteiger partial charge in [-0.05, 0) is 56.7 Å². The Morgan fingerprint density at radius 3 is 2.61 bits per heavy atom. The Labute approximate surface area is 164 Å². The zero-order valence-corrected chi connectivity index (χ0v) is 16.7. The SMILES string of the molecule is Cc1cccc(OCCNC(=O)c2ccc3c(c2)S(=O)(=O)N(C(C)C)C3=O)c1. The van der Waals surface area contributed by atoms with Crippen LogP contribution in [0.3, 0.4) is 0 Å². The van der Waals surface area contributed by atoms with Gasteiger partial charge < -0.3 is 10.1 Å². The van der Waals surface area contributed by atoms with Crippen LogP contribution in [0.1, 0.15) is 40.1 Å². The van der Waals surface area contributed by atoms with E-state index >= 15 is 0 Å². The molecule has 0 saturated heterocycles. The molecule has 28 heavy (non-hydrogen) atoms. The fourth-order valence-electron chi connectivity index (χ4n) is 3.04. The van der Waals surface area contributed by atoms with E-state index in [1.165, 1.54) is 18.2 Å². The van der Waals surface area contributed by atoms with Crippen LogP contribution in [0.4, 0.5) is 0 Å². The quantitative estimate of drug-likeness (QED) is 0.749. The van der Waals surface area contributed by atoms with Crippen molar-refractivity contribution >= 4 is 21.8 Å². The molecule has 1 aliphatic heterocycles. The number of sulfonamides is 1. The number of amides is 2. The molecular weight excluding hydrogens is 380 g/mol. The van der Waals surface area contributed by atoms with Gasteiger partial charge in [0.2, 0.25) is 0 Å². The molecule has 0 spiro atoms. The standard InChI is InChI=1S/C20H22N2O5S/c1-13(2)22-20(24)17-8-7-15(12-18(17)28(22,25)26)19(23)21-9-10-27-16-6-4-5-14(3)11-16/h4-8,11-13H,9-10H2,1-3H3,(H,21,23). The van der Waals surface area contributed by atoms with Crippen LogP contribution >= 0.6 is 0 Å². The molecule has 1 heterocycles. The van der Waals surface area contributed by atoms with Crippen molar-refractivity contribution in [2.75, 3.05) is 13.2 Å². The molecule has 8 heteroatoms. The van der Waals surface area contributed by atoms with Gasteiger partial charge in [0.15, 0.2) is 0 Å². The van der Waals surface area contributed by atoms with Crippen molar-refractivity contribution in [1.82, 2.24) is 9.62 Å². The van der Waals surface area contributed by atoms with Gasteiger partial charge in [0.1, 0.15) is 17.3 Å². The minimum Gasteiger partial charge on any atom is -0.492 e. The normalized spacial score (nSPS) is 14.9. The van der Waals surface area contributed by atoms with Gasteiger partial charge in [-0.15, -0.1) is 0 Å². The number of hydrogen-bond acceptors (Lipinski definition) is 5. The van der Waals surface area contributed by atoms with Gasteiger partial charge in [-0.1, -0.05) is 12.1 Å². The Bertz CT molecular complexity index is 1030. The van der Waals surface area contributed by atoms with Crippen molar-refractivity contribution in [1.29, 1.82) is 0 Å². The minimum absolute atomic E-state index is 0.0908. The lowest BCUT2D eigenvalue weighted by Crippen LogP contribution is -2.36. The van der Waals surface area contributed by atoms with Crippen LogP contribution in [-0.4, -0.2) is 43.7 Å². The molecule has 2 aromatic carbocycles. The summed E-state index contributed by atoms with van der Waals surface area (Å²) in [5.74, 6) is -0.282. The molecule has 0 radical (unpaired) electrons. The lowest BCUT2D eigenvalue weighted by Gasteiger charge is -2.18. The minimum atomic E-state index is -3.94. The summed E-state index contributed by atoms with van der Waals surface area (Å²) in [5, 5.41) is 2.69. The highest BCUT2D eigenvalue weighted by atomic mass is 32.2. The van der Waals surface area contributed by atoms with Crippen molar-refractivity contribution in [3.8, 4) is 5.75 Å². The van der Waals surface area contributed by atoms with Crippen molar-refractivity contribution in [2.24, 2.45) is 0 Å². The van der Waals surface area contributed by atoms with Gasteiger partial charge in [0, 0.05) is 11.6 Å². The van der Waals surface area contributed by atoms with E-state index in [1.54, 1.807) is 13.8 Å². The van der Waals surface area contributed by atoms with E-state index in [0.29, 0.717) is 5.75 Å². The van der Waals surface area contributed by atoms with Gasteiger partial charge in [-0.2, -0.15) is 0 Å². The highest BCUT2D eigenvalue weighted by Gasteiger charge is 2.42. The first kappa shape index (κ1) is 19.9. The summed E-state index contributed by atoms with van der Waals surface area (Å²) in [5.41, 5.74) is 1.34. The third-order valence-corrected chi connectivity index (χ3v) is 6.33. The number of carbonyl (C=O) groups is 2. The molecule has 0 fully saturated rings. The van der Waals surface area contributed by atoms with Gasteiger partial charge in [-0.25, -0.2) is 12.7 Å². The van der Waals surface area contributed by atoms with E-state index in [4.69, 9.17) is 4.74 Å². The molecule has 2 amide bonds. The first-order valence-corrected chi connectivity index (χ1v) is 10.4. The van der Waals surface area contributed by atoms with Crippen LogP contribution in [0, 0.1) is 6.92 Å². The Hall–Kier alpha value is -2.87. The molecule has 0 aromatic heterocycles. The lowest BCUT2D eigenvalue weighted by atomic mass is 10.1. The van der Waals surface area contributed by atoms with E-state index in [0.717, 1.165) is 9.87 Å². The number of benzene rings is 2. The van der Waals surface area contributed by atoms with E-state index in [1.807, 2.05) is 31.2 Å². The molecular formula is C20H22N2O5S. The number of hydrogen-bond donors (Lipinski definition) is 1. The molecule has 0 saturated carbocycles. The van der Waals surface area contributed by atoms with Gasteiger partial charge in [0.25, 0.3) is 21.8 Å². The van der Waals surface area contributed by atoms with Crippen LogP contribution in [0.5, 0.6) is 5.75 Å². The molecule has 148 valence electrons. The Morgan fingerprint density at radius 1 is 1.18 bits per heavy atom. The molecule has 1 aliphatic rings. The summed E-state index contributed by atoms with van der Waals surface area (Å²) < 4.78 is 31.6. The highest BCUT2D eigenvalue weighted by Crippen LogP contribution is 2.32. The first-order chi connectivity index (χ1) is 13.2. The topological polar surface area (TPSA) is 92.8 Å². The highest BCUT2D eigenvalue weighted by molar-refractivity contribution is 7.90. The molecule has 3 rings (SSSR count). The average molecular weight is 402 g/mol. The van der Waals surface area contributed by atoms with Crippen LogP contribution in [0.2, 0.25) is 0 Å². The summed E-state index contributed by atoms with van der Waals surface area (Å²) in [6.07, 6.45) is 0. The maximum atomic E-state index is 12.6. The van der Waals surface area contributed by atoms with Gasteiger partial charge in [0.05, 0.1) is 12.1 Å². The molecule has 0 bridgehead atoms. The second kappa shape index (κ2) is 7.63. The van der Waals surface area contributed by atoms with Crippen molar-refractivity contribution in [3.63, 3.8) is 0 Å². The predicted octanol–water partition coefficient (Wildman–Crippen LogP) is 2.36. The Balaban J connectivity index is 1.66. The summed E-state index contributed by atoms with van der Waals surface area (Å²) in [7, 11) is -3.94. The maximum Gasteiger partial charge on any atom is 0.269 e. The molecule has 0 atom stereocenters. The second-order valence-electron chi connectivity index (χ2n) is 6.83. The van der Waals surface area contributed by atoms with E-state index in [-0.39, 0.29) is 29.2 Å². The average Bonchev–Trinajstić information content (AvgIpc) is 2.84. The fraction of sp³-hybridized carbons (Fsp3) is 0.300. The number of carbonyl (C=O) groups excluding carboxylic acids is 2. The monoisotopic (exact) mass is 402 g/mol. The summed E-state index contributed by atoms with van der Waals surface area (Å²) in [4.78, 5) is 24.6. The molecule has 0 aliphatic carbocycles. The summed E-state index contributed by atoms with van der Waals surface area (Å²) in [6.45, 7) is 5.75. The maximum absolute atomic E-state index is 12.6. The molecule has 2 aromatic rings. The Kier molecular flexibility index (Phi) is 5.42. The molecule has 0 unspecified atom stereocenters. The van der Waals surface area contributed by atoms with Crippen LogP contribution < -0.4 is 10.1 Å². The van der Waals surface area contributed by atoms with Crippen molar-refractivity contribution in [2.45, 2.75) is 31.7 Å². The number of aryl methyl sites for hydroxylation is 1. The molecule has 7 nitrogen and oxygen atoms in total. The number of rotatable bonds is 6. The van der Waals surface area contributed by atoms with Crippen molar-refractivity contribution in [3.05, 3.63) is 59.2 Å². The first-order valence-electron chi connectivity index (χ1n) is 8.92. The summed E-state index contributed by atoms with van der Waals surface area (Å²) >= 11 is 0. The third kappa shape index (κ3) is 3.73. The predicted molar refractivity (Wildman–Crippen MR) is 104 cm³/mol. The molecule has 1 N–H and O–H groups in total. The van der Waals surface area contributed by atoms with Crippen LogP contribution in [-0.2, 0) is 10.0 Å². The van der Waals surface area contributed by atoms with Crippen LogP contribution in [0.25, 0.3) is 0 Å². The number of ether oxygens (including phenoxy) is 1. The van der Waals surface area contributed by atoms with Gasteiger partial charge >= 0.3 is 0 Å². The summed E-state index contributed by atoms with van der Waals surface area (Å²) in [6, 6.07) is 11.2. The lowest BCUT2D eigenvalue weighted by molar-refractivity contribution is 0.0845.